The maximum Gasteiger partial charge on any atom is 0.416 e. The van der Waals surface area contributed by atoms with E-state index in [1.165, 1.54) is 10.6 Å². The van der Waals surface area contributed by atoms with Gasteiger partial charge in [-0.05, 0) is 54.9 Å². The van der Waals surface area contributed by atoms with Crippen molar-refractivity contribution in [3.05, 3.63) is 68.4 Å². The number of hydrogen-bond donors (Lipinski definition) is 0. The van der Waals surface area contributed by atoms with Crippen molar-refractivity contribution in [3.63, 3.8) is 0 Å². The number of hydrogen-bond acceptors (Lipinski definition) is 4. The molecule has 1 amide bonds. The molecule has 2 aromatic heterocycles. The van der Waals surface area contributed by atoms with Gasteiger partial charge in [0, 0.05) is 13.1 Å². The lowest BCUT2D eigenvalue weighted by Crippen LogP contribution is -2.35. The van der Waals surface area contributed by atoms with Gasteiger partial charge in [-0.15, -0.1) is 11.3 Å². The minimum Gasteiger partial charge on any atom is -0.341 e. The largest absolute Gasteiger partial charge is 0.416 e. The molecule has 4 aromatic rings. The summed E-state index contributed by atoms with van der Waals surface area (Å²) in [4.78, 5) is 28.6. The third-order valence-electron chi connectivity index (χ3n) is 5.87. The molecule has 0 unspecified atom stereocenters. The molecule has 0 atom stereocenters. The highest BCUT2D eigenvalue weighted by atomic mass is 32.1. The average Bonchev–Trinajstić information content (AvgIpc) is 3.45. The first kappa shape index (κ1) is 21.8. The number of alkyl halides is 3. The Bertz CT molecular complexity index is 1510. The molecule has 0 bridgehead atoms. The van der Waals surface area contributed by atoms with Crippen molar-refractivity contribution >= 4 is 46.0 Å². The van der Waals surface area contributed by atoms with Crippen LogP contribution >= 0.6 is 23.6 Å². The molecule has 0 spiro atoms. The van der Waals surface area contributed by atoms with E-state index < -0.39 is 11.7 Å². The number of benzene rings is 2. The summed E-state index contributed by atoms with van der Waals surface area (Å²) < 4.78 is 43.5. The van der Waals surface area contributed by atoms with Crippen LogP contribution in [0.15, 0.2) is 53.3 Å². The van der Waals surface area contributed by atoms with Crippen molar-refractivity contribution in [3.8, 4) is 10.4 Å². The van der Waals surface area contributed by atoms with Crippen LogP contribution in [0.3, 0.4) is 0 Å². The van der Waals surface area contributed by atoms with E-state index in [0.717, 1.165) is 36.3 Å². The molecule has 5 nitrogen and oxygen atoms in total. The molecule has 1 fully saturated rings. The Labute approximate surface area is 195 Å². The van der Waals surface area contributed by atoms with Gasteiger partial charge in [-0.2, -0.15) is 13.2 Å². The Morgan fingerprint density at radius 1 is 1.06 bits per heavy atom. The summed E-state index contributed by atoms with van der Waals surface area (Å²) in [5.41, 5.74) is 0.0161. The van der Waals surface area contributed by atoms with E-state index in [-0.39, 0.29) is 18.0 Å². The number of aromatic nitrogens is 2. The van der Waals surface area contributed by atoms with Crippen LogP contribution in [0.2, 0.25) is 0 Å². The van der Waals surface area contributed by atoms with Gasteiger partial charge in [0.05, 0.1) is 21.3 Å². The molecule has 1 saturated heterocycles. The Hall–Kier alpha value is -2.98. The standard InChI is InChI=1S/C23H18F3N3O2S2/c24-23(25,26)15-7-5-6-14(12-15)19-20-28(13-18(30)27-10-3-4-11-27)21(31)16-8-1-2-9-17(16)29(20)22(32)33-19/h1-2,5-9,12H,3-4,10-11,13H2. The van der Waals surface area contributed by atoms with Gasteiger partial charge < -0.3 is 4.90 Å². The van der Waals surface area contributed by atoms with Crippen LogP contribution in [0.1, 0.15) is 18.4 Å². The van der Waals surface area contributed by atoms with Crippen molar-refractivity contribution < 1.29 is 18.0 Å². The zero-order chi connectivity index (χ0) is 23.3. The summed E-state index contributed by atoms with van der Waals surface area (Å²) in [6, 6.07) is 11.8. The SMILES string of the molecule is O=C(Cn1c(=O)c2ccccc2n2c(=S)sc(-c3cccc(C(F)(F)F)c3)c12)N1CCCC1. The van der Waals surface area contributed by atoms with E-state index in [0.29, 0.717) is 44.0 Å². The lowest BCUT2D eigenvalue weighted by molar-refractivity contribution is -0.137. The average molecular weight is 490 g/mol. The third kappa shape index (κ3) is 3.76. The van der Waals surface area contributed by atoms with Crippen molar-refractivity contribution in [1.29, 1.82) is 0 Å². The third-order valence-corrected chi connectivity index (χ3v) is 7.28. The second-order valence-corrected chi connectivity index (χ2v) is 9.58. The zero-order valence-electron chi connectivity index (χ0n) is 17.3. The van der Waals surface area contributed by atoms with Crippen LogP contribution in [0, 0.1) is 3.95 Å². The maximum atomic E-state index is 13.5. The van der Waals surface area contributed by atoms with E-state index in [9.17, 15) is 22.8 Å². The first-order valence-electron chi connectivity index (χ1n) is 10.4. The first-order valence-corrected chi connectivity index (χ1v) is 11.6. The monoisotopic (exact) mass is 489 g/mol. The molecule has 1 aliphatic heterocycles. The number of thiazole rings is 1. The number of rotatable bonds is 3. The highest BCUT2D eigenvalue weighted by molar-refractivity contribution is 7.73. The van der Waals surface area contributed by atoms with Crippen LogP contribution in [0.4, 0.5) is 13.2 Å². The molecule has 5 rings (SSSR count). The highest BCUT2D eigenvalue weighted by Gasteiger charge is 2.31. The summed E-state index contributed by atoms with van der Waals surface area (Å²) in [5, 5.41) is 0.392. The van der Waals surface area contributed by atoms with Crippen LogP contribution < -0.4 is 5.56 Å². The van der Waals surface area contributed by atoms with Crippen LogP contribution in [-0.4, -0.2) is 32.9 Å². The fraction of sp³-hybridized carbons (Fsp3) is 0.261. The molecule has 1 aliphatic rings. The lowest BCUT2D eigenvalue weighted by Gasteiger charge is -2.18. The summed E-state index contributed by atoms with van der Waals surface area (Å²) >= 11 is 6.70. The number of halogens is 3. The topological polar surface area (TPSA) is 46.7 Å². The minimum absolute atomic E-state index is 0.195. The van der Waals surface area contributed by atoms with Gasteiger partial charge in [0.15, 0.2) is 3.95 Å². The van der Waals surface area contributed by atoms with E-state index >= 15 is 0 Å². The smallest absolute Gasteiger partial charge is 0.341 e. The molecule has 10 heteroatoms. The van der Waals surface area contributed by atoms with Gasteiger partial charge in [-0.3, -0.25) is 18.6 Å². The number of likely N-dealkylation sites (tertiary alicyclic amines) is 1. The molecule has 3 heterocycles. The zero-order valence-corrected chi connectivity index (χ0v) is 18.9. The summed E-state index contributed by atoms with van der Waals surface area (Å²) in [6.07, 6.45) is -2.69. The Morgan fingerprint density at radius 2 is 1.79 bits per heavy atom. The van der Waals surface area contributed by atoms with Gasteiger partial charge in [0.1, 0.15) is 12.2 Å². The lowest BCUT2D eigenvalue weighted by atomic mass is 10.1. The quantitative estimate of drug-likeness (QED) is 0.365. The van der Waals surface area contributed by atoms with Gasteiger partial charge in [0.2, 0.25) is 5.91 Å². The number of carbonyl (C=O) groups is 1. The normalized spacial score (nSPS) is 14.5. The summed E-state index contributed by atoms with van der Waals surface area (Å²) in [5.74, 6) is -0.195. The predicted octanol–water partition coefficient (Wildman–Crippen LogP) is 5.35. The van der Waals surface area contributed by atoms with Crippen molar-refractivity contribution in [2.45, 2.75) is 25.6 Å². The van der Waals surface area contributed by atoms with Crippen LogP contribution in [-0.2, 0) is 17.5 Å². The van der Waals surface area contributed by atoms with Crippen molar-refractivity contribution in [2.24, 2.45) is 0 Å². The van der Waals surface area contributed by atoms with Gasteiger partial charge in [0.25, 0.3) is 5.56 Å². The minimum atomic E-state index is -4.51. The second-order valence-electron chi connectivity index (χ2n) is 7.93. The molecule has 0 N–H and O–H groups in total. The van der Waals surface area contributed by atoms with E-state index in [4.69, 9.17) is 12.2 Å². The number of fused-ring (bicyclic) bond motifs is 3. The molecule has 0 saturated carbocycles. The fourth-order valence-electron chi connectivity index (χ4n) is 4.29. The van der Waals surface area contributed by atoms with Gasteiger partial charge in [-0.25, -0.2) is 0 Å². The molecule has 0 radical (unpaired) electrons. The van der Waals surface area contributed by atoms with Crippen LogP contribution in [0.25, 0.3) is 27.0 Å². The first-order chi connectivity index (χ1) is 15.8. The second kappa shape index (κ2) is 8.11. The number of nitrogens with zero attached hydrogens (tertiary/aromatic N) is 3. The molecular weight excluding hydrogens is 471 g/mol. The summed E-state index contributed by atoms with van der Waals surface area (Å²) in [6.45, 7) is 1.06. The highest BCUT2D eigenvalue weighted by Crippen LogP contribution is 2.37. The molecular formula is C23H18F3N3O2S2. The van der Waals surface area contributed by atoms with Gasteiger partial charge >= 0.3 is 6.18 Å². The van der Waals surface area contributed by atoms with Crippen molar-refractivity contribution in [2.75, 3.05) is 13.1 Å². The Kier molecular flexibility index (Phi) is 5.37. The molecule has 0 aliphatic carbocycles. The Balaban J connectivity index is 1.81. The van der Waals surface area contributed by atoms with E-state index in [1.807, 2.05) is 0 Å². The van der Waals surface area contributed by atoms with Gasteiger partial charge in [-0.1, -0.05) is 24.3 Å². The Morgan fingerprint density at radius 3 is 2.52 bits per heavy atom. The number of amides is 1. The molecule has 33 heavy (non-hydrogen) atoms. The summed E-state index contributed by atoms with van der Waals surface area (Å²) in [7, 11) is 0. The van der Waals surface area contributed by atoms with E-state index in [1.54, 1.807) is 39.6 Å². The maximum absolute atomic E-state index is 13.5. The van der Waals surface area contributed by atoms with Crippen molar-refractivity contribution in [1.82, 2.24) is 13.9 Å². The predicted molar refractivity (Wildman–Crippen MR) is 124 cm³/mol. The molecule has 170 valence electrons. The van der Waals surface area contributed by atoms with E-state index in [2.05, 4.69) is 0 Å². The fourth-order valence-corrected chi connectivity index (χ4v) is 5.71. The molecule has 2 aromatic carbocycles. The number of carbonyl (C=O) groups excluding carboxylic acids is 1. The number of para-hydroxylation sites is 1. The van der Waals surface area contributed by atoms with Crippen LogP contribution in [0.5, 0.6) is 0 Å².